The fourth-order valence-electron chi connectivity index (χ4n) is 4.85. The Kier molecular flexibility index (Phi) is 13.7. The minimum atomic E-state index is -3.97. The number of hydrogen-bond donors (Lipinski definition) is 4. The average Bonchev–Trinajstić information content (AvgIpc) is 3.02. The number of nitrogens with two attached hydrogens (primary N) is 2. The second-order valence-corrected chi connectivity index (χ2v) is 16.6. The summed E-state index contributed by atoms with van der Waals surface area (Å²) in [5.74, 6) is -2.06. The van der Waals surface area contributed by atoms with Crippen molar-refractivity contribution in [3.63, 3.8) is 0 Å². The van der Waals surface area contributed by atoms with Crippen LogP contribution < -0.4 is 25.8 Å². The standard InChI is InChI=1S/C32H45N7O10S2/c1-31(2,22-40)13-16-49-32(3,4)21-35-27(41)17-37(18-28(42)36-23-5-9-25(10-6-23)50(33,45)46)14-15-38-19-29(43)39(30(44)20-38)24-7-11-26(12-8-24)51(34,47)48/h5-12,22H,13-21H2,1-4H3,(H,35,41)(H,36,42)(H2,33,45,46)(H2,34,47,48). The Labute approximate surface area is 297 Å². The minimum Gasteiger partial charge on any atom is -0.374 e. The third-order valence-electron chi connectivity index (χ3n) is 7.84. The maximum Gasteiger partial charge on any atom is 0.247 e. The fourth-order valence-corrected chi connectivity index (χ4v) is 5.88. The number of carbonyl (C=O) groups excluding carboxylic acids is 5. The van der Waals surface area contributed by atoms with Gasteiger partial charge in [-0.2, -0.15) is 0 Å². The van der Waals surface area contributed by atoms with Gasteiger partial charge in [0.1, 0.15) is 6.29 Å². The predicted octanol–water partition coefficient (Wildman–Crippen LogP) is -0.376. The minimum absolute atomic E-state index is 0.0927. The van der Waals surface area contributed by atoms with E-state index in [9.17, 15) is 40.8 Å². The van der Waals surface area contributed by atoms with Gasteiger partial charge in [0.2, 0.25) is 43.7 Å². The number of rotatable bonds is 18. The topological polar surface area (TPSA) is 249 Å². The molecule has 2 aromatic rings. The SMILES string of the molecule is CC(C)(C=O)CCOC(C)(C)CNC(=O)CN(CCN1CC(=O)N(c2ccc(S(N)(=O)=O)cc2)C(=O)C1)CC(=O)Nc1ccc(S(N)(=O)=O)cc1. The molecule has 0 unspecified atom stereocenters. The normalized spacial score (nSPS) is 14.8. The second kappa shape index (κ2) is 16.9. The monoisotopic (exact) mass is 751 g/mol. The first-order chi connectivity index (χ1) is 23.6. The van der Waals surface area contributed by atoms with Gasteiger partial charge in [0.05, 0.1) is 47.3 Å². The molecule has 2 aromatic carbocycles. The Bertz CT molecular complexity index is 1800. The number of primary sulfonamides is 2. The van der Waals surface area contributed by atoms with E-state index in [0.717, 1.165) is 11.2 Å². The van der Waals surface area contributed by atoms with E-state index in [2.05, 4.69) is 10.6 Å². The third-order valence-corrected chi connectivity index (χ3v) is 9.70. The van der Waals surface area contributed by atoms with E-state index in [4.69, 9.17) is 15.0 Å². The number of ether oxygens (including phenoxy) is 1. The Morgan fingerprint density at radius 3 is 1.88 bits per heavy atom. The highest BCUT2D eigenvalue weighted by molar-refractivity contribution is 7.89. The molecule has 0 radical (unpaired) electrons. The Balaban J connectivity index is 1.65. The van der Waals surface area contributed by atoms with Crippen LogP contribution in [0.25, 0.3) is 0 Å². The first-order valence-corrected chi connectivity index (χ1v) is 18.9. The first-order valence-electron chi connectivity index (χ1n) is 15.8. The van der Waals surface area contributed by atoms with Gasteiger partial charge in [-0.3, -0.25) is 29.0 Å². The van der Waals surface area contributed by atoms with Gasteiger partial charge in [0.15, 0.2) is 0 Å². The molecule has 1 fully saturated rings. The number of aldehydes is 1. The number of benzene rings is 2. The van der Waals surface area contributed by atoms with Crippen LogP contribution in [0, 0.1) is 5.41 Å². The molecule has 1 heterocycles. The lowest BCUT2D eigenvalue weighted by Crippen LogP contribution is -2.56. The molecule has 6 N–H and O–H groups in total. The van der Waals surface area contributed by atoms with Gasteiger partial charge >= 0.3 is 0 Å². The van der Waals surface area contributed by atoms with Gasteiger partial charge in [-0.1, -0.05) is 13.8 Å². The van der Waals surface area contributed by atoms with Crippen LogP contribution in [0.1, 0.15) is 34.1 Å². The van der Waals surface area contributed by atoms with Gasteiger partial charge in [0.25, 0.3) is 0 Å². The summed E-state index contributed by atoms with van der Waals surface area (Å²) in [4.78, 5) is 67.0. The van der Waals surface area contributed by atoms with Gasteiger partial charge in [0, 0.05) is 37.3 Å². The molecule has 0 aromatic heterocycles. The van der Waals surface area contributed by atoms with E-state index in [0.29, 0.717) is 13.0 Å². The molecule has 1 saturated heterocycles. The first kappa shape index (κ1) is 41.3. The number of hydrogen-bond acceptors (Lipinski definition) is 12. The van der Waals surface area contributed by atoms with Crippen LogP contribution in [-0.2, 0) is 48.8 Å². The summed E-state index contributed by atoms with van der Waals surface area (Å²) >= 11 is 0. The molecule has 0 saturated carbocycles. The maximum absolute atomic E-state index is 13.1. The van der Waals surface area contributed by atoms with E-state index >= 15 is 0 Å². The summed E-state index contributed by atoms with van der Waals surface area (Å²) in [6.07, 6.45) is 1.35. The fraction of sp³-hybridized carbons (Fsp3) is 0.469. The Morgan fingerprint density at radius 2 is 1.37 bits per heavy atom. The van der Waals surface area contributed by atoms with Crippen molar-refractivity contribution in [2.45, 2.75) is 49.5 Å². The van der Waals surface area contributed by atoms with Crippen LogP contribution in [0.15, 0.2) is 58.3 Å². The molecule has 3 rings (SSSR count). The zero-order valence-electron chi connectivity index (χ0n) is 29.0. The zero-order chi connectivity index (χ0) is 38.2. The Morgan fingerprint density at radius 1 is 0.863 bits per heavy atom. The molecule has 0 aliphatic carbocycles. The van der Waals surface area contributed by atoms with Crippen LogP contribution in [0.3, 0.4) is 0 Å². The van der Waals surface area contributed by atoms with Crippen LogP contribution >= 0.6 is 0 Å². The summed E-state index contributed by atoms with van der Waals surface area (Å²) in [5, 5.41) is 15.7. The maximum atomic E-state index is 13.1. The lowest BCUT2D eigenvalue weighted by Gasteiger charge is -2.34. The van der Waals surface area contributed by atoms with E-state index < -0.39 is 54.7 Å². The van der Waals surface area contributed by atoms with Crippen molar-refractivity contribution in [1.82, 2.24) is 15.1 Å². The van der Waals surface area contributed by atoms with Crippen molar-refractivity contribution in [1.29, 1.82) is 0 Å². The molecule has 0 atom stereocenters. The highest BCUT2D eigenvalue weighted by atomic mass is 32.2. The lowest BCUT2D eigenvalue weighted by atomic mass is 9.92. The van der Waals surface area contributed by atoms with Gasteiger partial charge in [-0.25, -0.2) is 32.0 Å². The quantitative estimate of drug-likeness (QED) is 0.113. The van der Waals surface area contributed by atoms with Crippen LogP contribution in [0.5, 0.6) is 0 Å². The van der Waals surface area contributed by atoms with E-state index in [1.165, 1.54) is 53.4 Å². The molecule has 1 aliphatic heterocycles. The molecule has 19 heteroatoms. The smallest absolute Gasteiger partial charge is 0.247 e. The number of nitrogens with zero attached hydrogens (tertiary/aromatic N) is 3. The van der Waals surface area contributed by atoms with Crippen molar-refractivity contribution < 1.29 is 45.5 Å². The van der Waals surface area contributed by atoms with Crippen molar-refractivity contribution in [2.24, 2.45) is 15.7 Å². The summed E-state index contributed by atoms with van der Waals surface area (Å²) in [7, 11) is -7.90. The molecule has 51 heavy (non-hydrogen) atoms. The van der Waals surface area contributed by atoms with E-state index in [1.807, 2.05) is 0 Å². The zero-order valence-corrected chi connectivity index (χ0v) is 30.6. The number of piperazine rings is 1. The predicted molar refractivity (Wildman–Crippen MR) is 187 cm³/mol. The number of nitrogens with one attached hydrogen (secondary N) is 2. The summed E-state index contributed by atoms with van der Waals surface area (Å²) < 4.78 is 52.2. The van der Waals surface area contributed by atoms with Crippen molar-refractivity contribution in [3.8, 4) is 0 Å². The number of imide groups is 1. The van der Waals surface area contributed by atoms with E-state index in [1.54, 1.807) is 32.6 Å². The summed E-state index contributed by atoms with van der Waals surface area (Å²) in [5.41, 5.74) is -0.839. The molecule has 0 spiro atoms. The number of anilines is 2. The molecule has 0 bridgehead atoms. The summed E-state index contributed by atoms with van der Waals surface area (Å²) in [6, 6.07) is 10.2. The molecular formula is C32H45N7O10S2. The van der Waals surface area contributed by atoms with Crippen molar-refractivity contribution >= 4 is 61.3 Å². The van der Waals surface area contributed by atoms with Crippen LogP contribution in [-0.4, -0.2) is 115 Å². The lowest BCUT2D eigenvalue weighted by molar-refractivity contribution is -0.133. The van der Waals surface area contributed by atoms with Crippen LogP contribution in [0.2, 0.25) is 0 Å². The third kappa shape index (κ3) is 13.2. The van der Waals surface area contributed by atoms with Gasteiger partial charge < -0.3 is 20.2 Å². The largest absolute Gasteiger partial charge is 0.374 e. The number of carbonyl (C=O) groups is 5. The number of amides is 4. The van der Waals surface area contributed by atoms with E-state index in [-0.39, 0.29) is 67.0 Å². The second-order valence-electron chi connectivity index (χ2n) is 13.4. The van der Waals surface area contributed by atoms with Crippen molar-refractivity contribution in [2.75, 3.05) is 62.6 Å². The average molecular weight is 752 g/mol. The molecular weight excluding hydrogens is 707 g/mol. The van der Waals surface area contributed by atoms with Gasteiger partial charge in [-0.05, 0) is 68.8 Å². The highest BCUT2D eigenvalue weighted by Gasteiger charge is 2.33. The molecule has 4 amide bonds. The molecule has 17 nitrogen and oxygen atoms in total. The van der Waals surface area contributed by atoms with Crippen molar-refractivity contribution in [3.05, 3.63) is 48.5 Å². The summed E-state index contributed by atoms with van der Waals surface area (Å²) in [6.45, 7) is 6.97. The van der Waals surface area contributed by atoms with Crippen LogP contribution in [0.4, 0.5) is 11.4 Å². The highest BCUT2D eigenvalue weighted by Crippen LogP contribution is 2.21. The number of sulfonamides is 2. The molecule has 1 aliphatic rings. The molecule has 280 valence electrons. The Hall–Kier alpha value is -4.11. The van der Waals surface area contributed by atoms with Gasteiger partial charge in [-0.15, -0.1) is 0 Å².